The van der Waals surface area contributed by atoms with Gasteiger partial charge >= 0.3 is 0 Å². The second-order valence-electron chi connectivity index (χ2n) is 4.70. The summed E-state index contributed by atoms with van der Waals surface area (Å²) in [6.07, 6.45) is 4.66. The third-order valence-electron chi connectivity index (χ3n) is 3.07. The largest absolute Gasteiger partial charge is 0.481 e. The summed E-state index contributed by atoms with van der Waals surface area (Å²) in [5, 5.41) is 13.3. The first-order valence-electron chi connectivity index (χ1n) is 6.88. The van der Waals surface area contributed by atoms with Gasteiger partial charge in [-0.1, -0.05) is 48.4 Å². The van der Waals surface area contributed by atoms with Gasteiger partial charge in [-0.15, -0.1) is 6.42 Å². The molecule has 21 heavy (non-hydrogen) atoms. The molecule has 0 fully saturated rings. The van der Waals surface area contributed by atoms with Crippen molar-refractivity contribution in [3.8, 4) is 18.1 Å². The third-order valence-corrected chi connectivity index (χ3v) is 3.07. The molecule has 0 saturated carbocycles. The van der Waals surface area contributed by atoms with Crippen LogP contribution in [0.2, 0.25) is 0 Å². The Morgan fingerprint density at radius 3 is 2.71 bits per heavy atom. The predicted molar refractivity (Wildman–Crippen MR) is 83.9 cm³/mol. The van der Waals surface area contributed by atoms with Gasteiger partial charge in [0, 0.05) is 13.1 Å². The Labute approximate surface area is 125 Å². The highest BCUT2D eigenvalue weighted by atomic mass is 16.5. The smallest absolute Gasteiger partial charge is 0.148 e. The van der Waals surface area contributed by atoms with Gasteiger partial charge in [-0.05, 0) is 23.3 Å². The number of rotatable bonds is 7. The lowest BCUT2D eigenvalue weighted by Crippen LogP contribution is -2.21. The second kappa shape index (κ2) is 8.11. The van der Waals surface area contributed by atoms with E-state index in [0.29, 0.717) is 13.1 Å². The number of benzene rings is 2. The van der Waals surface area contributed by atoms with Crippen LogP contribution in [0.3, 0.4) is 0 Å². The fourth-order valence-electron chi connectivity index (χ4n) is 2.02. The first kappa shape index (κ1) is 15.1. The molecule has 108 valence electrons. The summed E-state index contributed by atoms with van der Waals surface area (Å²) in [6.45, 7) is 1.43. The van der Waals surface area contributed by atoms with E-state index in [1.807, 2.05) is 54.6 Å². The summed E-state index contributed by atoms with van der Waals surface area (Å²) in [5.74, 6) is 3.20. The summed E-state index contributed by atoms with van der Waals surface area (Å²) in [4.78, 5) is 0. The molecule has 0 saturated heterocycles. The maximum Gasteiger partial charge on any atom is 0.148 e. The molecular formula is C18H19NO2. The highest BCUT2D eigenvalue weighted by molar-refractivity contribution is 5.28. The van der Waals surface area contributed by atoms with Crippen LogP contribution in [0.15, 0.2) is 54.6 Å². The molecule has 0 radical (unpaired) electrons. The average molecular weight is 281 g/mol. The molecule has 1 atom stereocenters. The Morgan fingerprint density at radius 2 is 1.95 bits per heavy atom. The summed E-state index contributed by atoms with van der Waals surface area (Å²) >= 11 is 0. The van der Waals surface area contributed by atoms with Gasteiger partial charge in [0.25, 0.3) is 0 Å². The number of aliphatic hydroxyl groups is 1. The van der Waals surface area contributed by atoms with Crippen LogP contribution in [0, 0.1) is 12.3 Å². The van der Waals surface area contributed by atoms with E-state index in [0.717, 1.165) is 16.9 Å². The van der Waals surface area contributed by atoms with Crippen LogP contribution in [0.1, 0.15) is 17.2 Å². The standard InChI is InChI=1S/C18H19NO2/c1-2-11-21-17-10-6-7-15(12-17)13-19-14-18(20)16-8-4-3-5-9-16/h1,3-10,12,18-20H,11,13-14H2/t18-/m0/s1. The lowest BCUT2D eigenvalue weighted by Gasteiger charge is -2.12. The van der Waals surface area contributed by atoms with Crippen molar-refractivity contribution in [3.05, 3.63) is 65.7 Å². The van der Waals surface area contributed by atoms with Crippen molar-refractivity contribution in [1.29, 1.82) is 0 Å². The zero-order chi connectivity index (χ0) is 14.9. The van der Waals surface area contributed by atoms with Gasteiger partial charge in [-0.3, -0.25) is 0 Å². The molecule has 0 heterocycles. The highest BCUT2D eigenvalue weighted by Gasteiger charge is 2.06. The average Bonchev–Trinajstić information content (AvgIpc) is 2.54. The molecule has 0 aliphatic carbocycles. The van der Waals surface area contributed by atoms with Crippen LogP contribution < -0.4 is 10.1 Å². The number of hydrogen-bond donors (Lipinski definition) is 2. The summed E-state index contributed by atoms with van der Waals surface area (Å²) in [5.41, 5.74) is 2.00. The minimum atomic E-state index is -0.507. The molecule has 0 bridgehead atoms. The third kappa shape index (κ3) is 4.96. The summed E-state index contributed by atoms with van der Waals surface area (Å²) < 4.78 is 5.38. The second-order valence-corrected chi connectivity index (χ2v) is 4.70. The van der Waals surface area contributed by atoms with Gasteiger partial charge in [-0.2, -0.15) is 0 Å². The van der Waals surface area contributed by atoms with Crippen LogP contribution in [0.4, 0.5) is 0 Å². The van der Waals surface area contributed by atoms with E-state index in [-0.39, 0.29) is 6.61 Å². The van der Waals surface area contributed by atoms with Crippen molar-refractivity contribution in [2.45, 2.75) is 12.6 Å². The molecule has 0 unspecified atom stereocenters. The van der Waals surface area contributed by atoms with Crippen molar-refractivity contribution in [1.82, 2.24) is 5.32 Å². The minimum absolute atomic E-state index is 0.267. The molecule has 2 aromatic rings. The lowest BCUT2D eigenvalue weighted by molar-refractivity contribution is 0.174. The number of terminal acetylenes is 1. The van der Waals surface area contributed by atoms with Crippen LogP contribution in [-0.2, 0) is 6.54 Å². The zero-order valence-corrected chi connectivity index (χ0v) is 11.8. The molecule has 2 N–H and O–H groups in total. The molecule has 3 heteroatoms. The van der Waals surface area contributed by atoms with Crippen molar-refractivity contribution in [2.75, 3.05) is 13.2 Å². The van der Waals surface area contributed by atoms with Crippen molar-refractivity contribution in [3.63, 3.8) is 0 Å². The molecule has 0 amide bonds. The maximum absolute atomic E-state index is 10.1. The highest BCUT2D eigenvalue weighted by Crippen LogP contribution is 2.14. The molecular weight excluding hydrogens is 262 g/mol. The molecule has 0 aliphatic rings. The van der Waals surface area contributed by atoms with Crippen LogP contribution in [0.5, 0.6) is 5.75 Å². The molecule has 0 aromatic heterocycles. The minimum Gasteiger partial charge on any atom is -0.481 e. The Kier molecular flexibility index (Phi) is 5.83. The monoisotopic (exact) mass is 281 g/mol. The Morgan fingerprint density at radius 1 is 1.14 bits per heavy atom. The first-order chi connectivity index (χ1) is 10.3. The SMILES string of the molecule is C#CCOc1cccc(CNC[C@H](O)c2ccccc2)c1. The topological polar surface area (TPSA) is 41.5 Å². The van der Waals surface area contributed by atoms with Crippen molar-refractivity contribution in [2.24, 2.45) is 0 Å². The van der Waals surface area contributed by atoms with E-state index in [9.17, 15) is 5.11 Å². The van der Waals surface area contributed by atoms with Crippen LogP contribution in [0.25, 0.3) is 0 Å². The summed E-state index contributed by atoms with van der Waals surface area (Å²) in [7, 11) is 0. The number of hydrogen-bond acceptors (Lipinski definition) is 3. The van der Waals surface area contributed by atoms with Gasteiger partial charge in [0.1, 0.15) is 12.4 Å². The molecule has 2 rings (SSSR count). The van der Waals surface area contributed by atoms with Gasteiger partial charge in [0.15, 0.2) is 0 Å². The van der Waals surface area contributed by atoms with E-state index >= 15 is 0 Å². The molecule has 0 spiro atoms. The number of aliphatic hydroxyl groups excluding tert-OH is 1. The van der Waals surface area contributed by atoms with Crippen molar-refractivity contribution >= 4 is 0 Å². The van der Waals surface area contributed by atoms with Gasteiger partial charge in [0.2, 0.25) is 0 Å². The Hall–Kier alpha value is -2.28. The Bertz CT molecular complexity index is 590. The van der Waals surface area contributed by atoms with Crippen LogP contribution >= 0.6 is 0 Å². The predicted octanol–water partition coefficient (Wildman–Crippen LogP) is 2.52. The summed E-state index contributed by atoms with van der Waals surface area (Å²) in [6, 6.07) is 17.4. The normalized spacial score (nSPS) is 11.6. The van der Waals surface area contributed by atoms with E-state index in [1.54, 1.807) is 0 Å². The molecule has 0 aliphatic heterocycles. The van der Waals surface area contributed by atoms with E-state index in [1.165, 1.54) is 0 Å². The molecule has 3 nitrogen and oxygen atoms in total. The fraction of sp³-hybridized carbons (Fsp3) is 0.222. The quantitative estimate of drug-likeness (QED) is 0.766. The first-order valence-corrected chi connectivity index (χ1v) is 6.88. The van der Waals surface area contributed by atoms with E-state index in [4.69, 9.17) is 11.2 Å². The maximum atomic E-state index is 10.1. The number of ether oxygens (including phenoxy) is 1. The van der Waals surface area contributed by atoms with Gasteiger partial charge < -0.3 is 15.2 Å². The van der Waals surface area contributed by atoms with E-state index < -0.39 is 6.10 Å². The van der Waals surface area contributed by atoms with Crippen LogP contribution in [-0.4, -0.2) is 18.3 Å². The Balaban J connectivity index is 1.82. The van der Waals surface area contributed by atoms with E-state index in [2.05, 4.69) is 11.2 Å². The lowest BCUT2D eigenvalue weighted by atomic mass is 10.1. The fourth-order valence-corrected chi connectivity index (χ4v) is 2.02. The zero-order valence-electron chi connectivity index (χ0n) is 11.8. The van der Waals surface area contributed by atoms with Gasteiger partial charge in [-0.25, -0.2) is 0 Å². The van der Waals surface area contributed by atoms with Crippen molar-refractivity contribution < 1.29 is 9.84 Å². The molecule has 2 aromatic carbocycles. The number of nitrogens with one attached hydrogen (secondary N) is 1. The van der Waals surface area contributed by atoms with Gasteiger partial charge in [0.05, 0.1) is 6.10 Å².